The number of rotatable bonds is 6. The number of hydrogen-bond donors (Lipinski definition) is 1. The Morgan fingerprint density at radius 1 is 1.00 bits per heavy atom. The quantitative estimate of drug-likeness (QED) is 0.779. The highest BCUT2D eigenvalue weighted by atomic mass is 19.3. The van der Waals surface area contributed by atoms with Gasteiger partial charge in [0.05, 0.1) is 6.10 Å². The standard InChI is InChI=1S/C14H20F2O/c1-10(2)4-3-5-13(17)11-6-8-12(9-7-11)14(15)16/h6-10,13-14,17H,3-5H2,1-2H3. The molecule has 1 unspecified atom stereocenters. The molecule has 1 N–H and O–H groups in total. The van der Waals surface area contributed by atoms with Gasteiger partial charge in [-0.1, -0.05) is 51.0 Å². The second-order valence-corrected chi connectivity index (χ2v) is 4.81. The number of halogens is 2. The lowest BCUT2D eigenvalue weighted by molar-refractivity contribution is 0.150. The van der Waals surface area contributed by atoms with Crippen LogP contribution in [0.4, 0.5) is 8.78 Å². The van der Waals surface area contributed by atoms with E-state index in [0.29, 0.717) is 12.3 Å². The largest absolute Gasteiger partial charge is 0.388 e. The van der Waals surface area contributed by atoms with Gasteiger partial charge < -0.3 is 5.11 Å². The van der Waals surface area contributed by atoms with Gasteiger partial charge in [-0.3, -0.25) is 0 Å². The number of hydrogen-bond acceptors (Lipinski definition) is 1. The van der Waals surface area contributed by atoms with Gasteiger partial charge in [-0.25, -0.2) is 8.78 Å². The highest BCUT2D eigenvalue weighted by molar-refractivity contribution is 5.24. The van der Waals surface area contributed by atoms with Crippen LogP contribution in [0.1, 0.15) is 56.8 Å². The van der Waals surface area contributed by atoms with Gasteiger partial charge in [0.1, 0.15) is 0 Å². The summed E-state index contributed by atoms with van der Waals surface area (Å²) in [5.41, 5.74) is 0.723. The first-order valence-electron chi connectivity index (χ1n) is 6.06. The minimum Gasteiger partial charge on any atom is -0.388 e. The second kappa shape index (κ2) is 6.70. The maximum atomic E-state index is 12.3. The van der Waals surface area contributed by atoms with Crippen molar-refractivity contribution in [3.63, 3.8) is 0 Å². The molecule has 0 saturated carbocycles. The van der Waals surface area contributed by atoms with Crippen molar-refractivity contribution in [2.24, 2.45) is 5.92 Å². The fourth-order valence-corrected chi connectivity index (χ4v) is 1.75. The predicted octanol–water partition coefficient (Wildman–Crippen LogP) is 4.48. The molecule has 1 nitrogen and oxygen atoms in total. The van der Waals surface area contributed by atoms with Crippen LogP contribution in [-0.2, 0) is 0 Å². The highest BCUT2D eigenvalue weighted by Gasteiger charge is 2.10. The predicted molar refractivity (Wildman–Crippen MR) is 65.0 cm³/mol. The van der Waals surface area contributed by atoms with E-state index in [2.05, 4.69) is 13.8 Å². The van der Waals surface area contributed by atoms with Crippen LogP contribution in [-0.4, -0.2) is 5.11 Å². The van der Waals surface area contributed by atoms with Gasteiger partial charge in [0.25, 0.3) is 6.43 Å². The Bertz CT molecular complexity index is 319. The molecule has 1 aromatic carbocycles. The molecule has 1 atom stereocenters. The lowest BCUT2D eigenvalue weighted by atomic mass is 9.99. The molecule has 0 radical (unpaired) electrons. The SMILES string of the molecule is CC(C)CCCC(O)c1ccc(C(F)F)cc1. The smallest absolute Gasteiger partial charge is 0.263 e. The average Bonchev–Trinajstić information content (AvgIpc) is 2.28. The molecule has 0 aliphatic heterocycles. The maximum Gasteiger partial charge on any atom is 0.263 e. The van der Waals surface area contributed by atoms with E-state index < -0.39 is 12.5 Å². The summed E-state index contributed by atoms with van der Waals surface area (Å²) in [5, 5.41) is 9.88. The summed E-state index contributed by atoms with van der Waals surface area (Å²) < 4.78 is 24.7. The van der Waals surface area contributed by atoms with E-state index in [1.54, 1.807) is 12.1 Å². The second-order valence-electron chi connectivity index (χ2n) is 4.81. The summed E-state index contributed by atoms with van der Waals surface area (Å²) in [6, 6.07) is 5.93. The fraction of sp³-hybridized carbons (Fsp3) is 0.571. The molecule has 0 spiro atoms. The van der Waals surface area contributed by atoms with Crippen molar-refractivity contribution < 1.29 is 13.9 Å². The van der Waals surface area contributed by atoms with Crippen LogP contribution in [0.3, 0.4) is 0 Å². The topological polar surface area (TPSA) is 20.2 Å². The Balaban J connectivity index is 2.48. The monoisotopic (exact) mass is 242 g/mol. The maximum absolute atomic E-state index is 12.3. The van der Waals surface area contributed by atoms with Gasteiger partial charge in [0.2, 0.25) is 0 Å². The molecular formula is C14H20F2O. The minimum absolute atomic E-state index is 0.00290. The van der Waals surface area contributed by atoms with Crippen molar-refractivity contribution in [1.82, 2.24) is 0 Å². The van der Waals surface area contributed by atoms with Crippen LogP contribution in [0.15, 0.2) is 24.3 Å². The Morgan fingerprint density at radius 2 is 1.53 bits per heavy atom. The van der Waals surface area contributed by atoms with E-state index in [0.717, 1.165) is 18.4 Å². The third-order valence-corrected chi connectivity index (χ3v) is 2.83. The lowest BCUT2D eigenvalue weighted by Crippen LogP contribution is -1.99. The lowest BCUT2D eigenvalue weighted by Gasteiger charge is -2.12. The third kappa shape index (κ3) is 4.82. The molecule has 0 aliphatic carbocycles. The normalized spacial score (nSPS) is 13.4. The fourth-order valence-electron chi connectivity index (χ4n) is 1.75. The summed E-state index contributed by atoms with van der Waals surface area (Å²) in [5.74, 6) is 0.628. The molecule has 3 heteroatoms. The zero-order valence-electron chi connectivity index (χ0n) is 10.4. The van der Waals surface area contributed by atoms with E-state index in [1.165, 1.54) is 12.1 Å². The molecule has 0 aliphatic rings. The minimum atomic E-state index is -2.44. The van der Waals surface area contributed by atoms with Gasteiger partial charge in [-0.05, 0) is 17.9 Å². The number of benzene rings is 1. The molecule has 1 rings (SSSR count). The first-order chi connectivity index (χ1) is 8.00. The van der Waals surface area contributed by atoms with E-state index in [4.69, 9.17) is 0 Å². The van der Waals surface area contributed by atoms with Crippen molar-refractivity contribution in [3.05, 3.63) is 35.4 Å². The average molecular weight is 242 g/mol. The van der Waals surface area contributed by atoms with E-state index in [9.17, 15) is 13.9 Å². The van der Waals surface area contributed by atoms with Crippen LogP contribution in [0.25, 0.3) is 0 Å². The first-order valence-corrected chi connectivity index (χ1v) is 6.06. The summed E-state index contributed by atoms with van der Waals surface area (Å²) in [7, 11) is 0. The summed E-state index contributed by atoms with van der Waals surface area (Å²) in [6.07, 6.45) is -0.268. The molecule has 0 aromatic heterocycles. The zero-order chi connectivity index (χ0) is 12.8. The third-order valence-electron chi connectivity index (χ3n) is 2.83. The zero-order valence-corrected chi connectivity index (χ0v) is 10.4. The molecule has 96 valence electrons. The molecule has 0 heterocycles. The van der Waals surface area contributed by atoms with Gasteiger partial charge >= 0.3 is 0 Å². The van der Waals surface area contributed by atoms with Crippen molar-refractivity contribution >= 4 is 0 Å². The van der Waals surface area contributed by atoms with Crippen molar-refractivity contribution in [2.75, 3.05) is 0 Å². The Hall–Kier alpha value is -0.960. The Labute approximate surface area is 101 Å². The first kappa shape index (κ1) is 14.1. The molecular weight excluding hydrogens is 222 g/mol. The number of aliphatic hydroxyl groups excluding tert-OH is 1. The van der Waals surface area contributed by atoms with Crippen LogP contribution < -0.4 is 0 Å². The van der Waals surface area contributed by atoms with Crippen LogP contribution in [0, 0.1) is 5.92 Å². The number of aliphatic hydroxyl groups is 1. The van der Waals surface area contributed by atoms with Crippen LogP contribution >= 0.6 is 0 Å². The molecule has 0 saturated heterocycles. The molecule has 0 amide bonds. The summed E-state index contributed by atoms with van der Waals surface area (Å²) in [4.78, 5) is 0. The molecule has 0 fully saturated rings. The Kier molecular flexibility index (Phi) is 5.56. The van der Waals surface area contributed by atoms with Crippen molar-refractivity contribution in [1.29, 1.82) is 0 Å². The van der Waals surface area contributed by atoms with Gasteiger partial charge in [-0.2, -0.15) is 0 Å². The van der Waals surface area contributed by atoms with Crippen LogP contribution in [0.2, 0.25) is 0 Å². The molecule has 17 heavy (non-hydrogen) atoms. The van der Waals surface area contributed by atoms with Crippen molar-refractivity contribution in [3.8, 4) is 0 Å². The number of alkyl halides is 2. The van der Waals surface area contributed by atoms with E-state index in [1.807, 2.05) is 0 Å². The summed E-state index contributed by atoms with van der Waals surface area (Å²) in [6.45, 7) is 4.29. The molecule has 0 bridgehead atoms. The van der Waals surface area contributed by atoms with Gasteiger partial charge in [0.15, 0.2) is 0 Å². The van der Waals surface area contributed by atoms with Crippen LogP contribution in [0.5, 0.6) is 0 Å². The highest BCUT2D eigenvalue weighted by Crippen LogP contribution is 2.24. The summed E-state index contributed by atoms with van der Waals surface area (Å²) >= 11 is 0. The van der Waals surface area contributed by atoms with Crippen molar-refractivity contribution in [2.45, 2.75) is 45.6 Å². The van der Waals surface area contributed by atoms with Gasteiger partial charge in [-0.15, -0.1) is 0 Å². The van der Waals surface area contributed by atoms with Gasteiger partial charge in [0, 0.05) is 5.56 Å². The van der Waals surface area contributed by atoms with E-state index >= 15 is 0 Å². The molecule has 1 aromatic rings. The van der Waals surface area contributed by atoms with E-state index in [-0.39, 0.29) is 5.56 Å². The Morgan fingerprint density at radius 3 is 2.00 bits per heavy atom.